The van der Waals surface area contributed by atoms with Crippen molar-refractivity contribution in [2.24, 2.45) is 5.92 Å². The number of methoxy groups -OCH3 is 1. The van der Waals surface area contributed by atoms with Crippen molar-refractivity contribution in [1.82, 2.24) is 5.32 Å². The largest absolute Gasteiger partial charge is 0.497 e. The molecule has 6 nitrogen and oxygen atoms in total. The van der Waals surface area contributed by atoms with Crippen LogP contribution in [0.3, 0.4) is 0 Å². The molecular weight excluding hydrogens is 400 g/mol. The molecule has 1 atom stereocenters. The molecule has 0 bridgehead atoms. The summed E-state index contributed by atoms with van der Waals surface area (Å²) in [6.45, 7) is 5.87. The molecular formula is C23H32N2O4S. The number of sulfonamides is 1. The summed E-state index contributed by atoms with van der Waals surface area (Å²) in [6, 6.07) is 14.6. The molecule has 2 rings (SSSR count). The molecule has 0 fully saturated rings. The summed E-state index contributed by atoms with van der Waals surface area (Å²) in [5.41, 5.74) is 2.38. The molecule has 30 heavy (non-hydrogen) atoms. The second kappa shape index (κ2) is 10.5. The number of hydrogen-bond acceptors (Lipinski definition) is 4. The van der Waals surface area contributed by atoms with E-state index in [2.05, 4.69) is 19.2 Å². The third-order valence-corrected chi connectivity index (χ3v) is 6.02. The molecule has 0 aliphatic rings. The number of carbonyl (C=O) groups excluding carboxylic acids is 1. The highest BCUT2D eigenvalue weighted by molar-refractivity contribution is 7.92. The van der Waals surface area contributed by atoms with Crippen molar-refractivity contribution >= 4 is 21.6 Å². The Bertz CT molecular complexity index is 940. The first-order chi connectivity index (χ1) is 14.2. The van der Waals surface area contributed by atoms with Crippen LogP contribution < -0.4 is 14.4 Å². The number of anilines is 1. The molecule has 0 unspecified atom stereocenters. The lowest BCUT2D eigenvalue weighted by atomic mass is 9.97. The summed E-state index contributed by atoms with van der Waals surface area (Å²) < 4.78 is 31.3. The van der Waals surface area contributed by atoms with Crippen molar-refractivity contribution < 1.29 is 17.9 Å². The van der Waals surface area contributed by atoms with Crippen LogP contribution >= 0.6 is 0 Å². The zero-order valence-corrected chi connectivity index (χ0v) is 19.2. The van der Waals surface area contributed by atoms with Crippen LogP contribution in [0.25, 0.3) is 0 Å². The van der Waals surface area contributed by atoms with Gasteiger partial charge in [-0.1, -0.05) is 51.1 Å². The number of nitrogens with zero attached hydrogens (tertiary/aromatic N) is 1. The Morgan fingerprint density at radius 1 is 1.10 bits per heavy atom. The van der Waals surface area contributed by atoms with E-state index in [9.17, 15) is 13.2 Å². The van der Waals surface area contributed by atoms with Gasteiger partial charge in [-0.15, -0.1) is 0 Å². The number of aryl methyl sites for hydroxylation is 1. The highest BCUT2D eigenvalue weighted by atomic mass is 32.2. The van der Waals surface area contributed by atoms with Crippen molar-refractivity contribution in [2.75, 3.05) is 24.2 Å². The van der Waals surface area contributed by atoms with Crippen LogP contribution in [0.5, 0.6) is 5.75 Å². The quantitative estimate of drug-likeness (QED) is 0.617. The molecule has 2 aromatic rings. The first kappa shape index (κ1) is 23.7. The Morgan fingerprint density at radius 3 is 2.27 bits per heavy atom. The molecule has 1 N–H and O–H groups in total. The Morgan fingerprint density at radius 2 is 1.73 bits per heavy atom. The van der Waals surface area contributed by atoms with Gasteiger partial charge in [0.25, 0.3) is 0 Å². The minimum absolute atomic E-state index is 0.216. The number of nitrogens with one attached hydrogen (secondary N) is 1. The smallest absolute Gasteiger partial charge is 0.241 e. The first-order valence-electron chi connectivity index (χ1n) is 10.1. The lowest BCUT2D eigenvalue weighted by Crippen LogP contribution is -2.42. The lowest BCUT2D eigenvalue weighted by Gasteiger charge is -2.26. The van der Waals surface area contributed by atoms with E-state index in [1.807, 2.05) is 43.3 Å². The molecule has 0 radical (unpaired) electrons. The molecule has 164 valence electrons. The lowest BCUT2D eigenvalue weighted by molar-refractivity contribution is -0.120. The predicted octanol–water partition coefficient (Wildman–Crippen LogP) is 3.93. The standard InChI is InChI=1S/C23H32N2O4S/c1-6-18-9-7-8-10-22(18)25(30(5,27)28)16-23(26)24-21(15-17(2)3)19-11-13-20(29-4)14-12-19/h7-14,17,21H,6,15-16H2,1-5H3,(H,24,26)/t21-/m1/s1. The third-order valence-electron chi connectivity index (χ3n) is 4.89. The number of rotatable bonds is 10. The van der Waals surface area contributed by atoms with Crippen LogP contribution in [0.2, 0.25) is 0 Å². The third kappa shape index (κ3) is 6.49. The van der Waals surface area contributed by atoms with Crippen molar-refractivity contribution in [3.63, 3.8) is 0 Å². The van der Waals surface area contributed by atoms with Gasteiger partial charge in [0.1, 0.15) is 12.3 Å². The van der Waals surface area contributed by atoms with Crippen LogP contribution in [0.4, 0.5) is 5.69 Å². The summed E-state index contributed by atoms with van der Waals surface area (Å²) in [4.78, 5) is 12.9. The van der Waals surface area contributed by atoms with E-state index in [0.29, 0.717) is 18.0 Å². The number of benzene rings is 2. The minimum atomic E-state index is -3.62. The molecule has 0 saturated heterocycles. The zero-order chi connectivity index (χ0) is 22.3. The molecule has 0 heterocycles. The number of carbonyl (C=O) groups is 1. The zero-order valence-electron chi connectivity index (χ0n) is 18.4. The van der Waals surface area contributed by atoms with Gasteiger partial charge < -0.3 is 10.1 Å². The van der Waals surface area contributed by atoms with Crippen LogP contribution in [0.1, 0.15) is 44.4 Å². The maximum Gasteiger partial charge on any atom is 0.241 e. The van der Waals surface area contributed by atoms with Gasteiger partial charge in [0.05, 0.1) is 25.1 Å². The fraction of sp³-hybridized carbons (Fsp3) is 0.435. The molecule has 0 spiro atoms. The van der Waals surface area contributed by atoms with E-state index in [0.717, 1.165) is 29.6 Å². The highest BCUT2D eigenvalue weighted by Gasteiger charge is 2.24. The average Bonchev–Trinajstić information content (AvgIpc) is 2.70. The second-order valence-corrected chi connectivity index (χ2v) is 9.68. The molecule has 2 aromatic carbocycles. The summed E-state index contributed by atoms with van der Waals surface area (Å²) in [7, 11) is -2.01. The van der Waals surface area contributed by atoms with Gasteiger partial charge in [0.15, 0.2) is 0 Å². The van der Waals surface area contributed by atoms with E-state index < -0.39 is 10.0 Å². The molecule has 7 heteroatoms. The van der Waals surface area contributed by atoms with Crippen LogP contribution in [0.15, 0.2) is 48.5 Å². The van der Waals surface area contributed by atoms with Crippen LogP contribution in [-0.2, 0) is 21.2 Å². The highest BCUT2D eigenvalue weighted by Crippen LogP contribution is 2.25. The fourth-order valence-corrected chi connectivity index (χ4v) is 4.28. The van der Waals surface area contributed by atoms with Gasteiger partial charge >= 0.3 is 0 Å². The Kier molecular flexibility index (Phi) is 8.29. The summed E-state index contributed by atoms with van der Waals surface area (Å²) in [6.07, 6.45) is 2.54. The van der Waals surface area contributed by atoms with Crippen molar-refractivity contribution in [1.29, 1.82) is 0 Å². The van der Waals surface area contributed by atoms with Crippen molar-refractivity contribution in [2.45, 2.75) is 39.7 Å². The predicted molar refractivity (Wildman–Crippen MR) is 121 cm³/mol. The molecule has 1 amide bonds. The number of para-hydroxylation sites is 1. The van der Waals surface area contributed by atoms with Gasteiger partial charge in [-0.05, 0) is 48.1 Å². The van der Waals surface area contributed by atoms with Crippen molar-refractivity contribution in [3.8, 4) is 5.75 Å². The maximum absolute atomic E-state index is 12.9. The second-order valence-electron chi connectivity index (χ2n) is 7.77. The Hall–Kier alpha value is -2.54. The van der Waals surface area contributed by atoms with Crippen LogP contribution in [-0.4, -0.2) is 34.2 Å². The number of ether oxygens (including phenoxy) is 1. The monoisotopic (exact) mass is 432 g/mol. The van der Waals surface area contributed by atoms with E-state index in [4.69, 9.17) is 4.74 Å². The van der Waals surface area contributed by atoms with E-state index in [-0.39, 0.29) is 18.5 Å². The minimum Gasteiger partial charge on any atom is -0.497 e. The molecule has 0 aliphatic carbocycles. The molecule has 0 aromatic heterocycles. The Balaban J connectivity index is 2.26. The first-order valence-corrected chi connectivity index (χ1v) is 12.0. The van der Waals surface area contributed by atoms with Gasteiger partial charge in [-0.2, -0.15) is 0 Å². The SMILES string of the molecule is CCc1ccccc1N(CC(=O)N[C@H](CC(C)C)c1ccc(OC)cc1)S(C)(=O)=O. The number of amides is 1. The van der Waals surface area contributed by atoms with Crippen molar-refractivity contribution in [3.05, 3.63) is 59.7 Å². The van der Waals surface area contributed by atoms with E-state index >= 15 is 0 Å². The maximum atomic E-state index is 12.9. The van der Waals surface area contributed by atoms with Gasteiger partial charge in [0.2, 0.25) is 15.9 Å². The van der Waals surface area contributed by atoms with Crippen LogP contribution in [0, 0.1) is 5.92 Å². The fourth-order valence-electron chi connectivity index (χ4n) is 3.39. The Labute approximate surface area is 180 Å². The normalized spacial score (nSPS) is 12.5. The van der Waals surface area contributed by atoms with E-state index in [1.165, 1.54) is 4.31 Å². The summed E-state index contributed by atoms with van der Waals surface area (Å²) in [5, 5.41) is 3.03. The summed E-state index contributed by atoms with van der Waals surface area (Å²) in [5.74, 6) is 0.754. The molecule has 0 aliphatic heterocycles. The topological polar surface area (TPSA) is 75.7 Å². The summed E-state index contributed by atoms with van der Waals surface area (Å²) >= 11 is 0. The average molecular weight is 433 g/mol. The van der Waals surface area contributed by atoms with Gasteiger partial charge in [-0.25, -0.2) is 8.42 Å². The van der Waals surface area contributed by atoms with Gasteiger partial charge in [0, 0.05) is 0 Å². The van der Waals surface area contributed by atoms with E-state index in [1.54, 1.807) is 19.2 Å². The molecule has 0 saturated carbocycles. The number of hydrogen-bond donors (Lipinski definition) is 1. The van der Waals surface area contributed by atoms with Gasteiger partial charge in [-0.3, -0.25) is 9.10 Å².